The van der Waals surface area contributed by atoms with Crippen LogP contribution in [0.2, 0.25) is 0 Å². The fourth-order valence-corrected chi connectivity index (χ4v) is 3.20. The van der Waals surface area contributed by atoms with E-state index in [0.717, 1.165) is 41.3 Å². The molecule has 112 valence electrons. The molecule has 22 heavy (non-hydrogen) atoms. The predicted molar refractivity (Wildman–Crippen MR) is 82.3 cm³/mol. The third-order valence-corrected chi connectivity index (χ3v) is 4.32. The highest BCUT2D eigenvalue weighted by atomic mass is 16.6. The van der Waals surface area contributed by atoms with Crippen LogP contribution < -0.4 is 19.4 Å². The first kappa shape index (κ1) is 13.2. The summed E-state index contributed by atoms with van der Waals surface area (Å²) in [5.74, 6) is 2.44. The molecule has 0 bridgehead atoms. The summed E-state index contributed by atoms with van der Waals surface area (Å²) in [5.41, 5.74) is 1.66. The standard InChI is InChI=1S/C17H17N3O2/c18-11-13-8-12-9-15-16(22-7-6-21-15)10-14(12)19-17(13)20-4-2-1-3-5-20/h8-10H,1-7H2/p+1. The molecule has 1 aromatic heterocycles. The number of nitrogens with zero attached hydrogens (tertiary/aromatic N) is 2. The molecule has 0 spiro atoms. The molecular weight excluding hydrogens is 278 g/mol. The molecule has 5 nitrogen and oxygen atoms in total. The second-order valence-electron chi connectivity index (χ2n) is 5.77. The van der Waals surface area contributed by atoms with Crippen LogP contribution in [0.4, 0.5) is 5.82 Å². The molecular formula is C17H18N3O2+. The maximum absolute atomic E-state index is 9.49. The number of rotatable bonds is 1. The van der Waals surface area contributed by atoms with Gasteiger partial charge in [0.05, 0.1) is 13.1 Å². The molecule has 0 unspecified atom stereocenters. The summed E-state index contributed by atoms with van der Waals surface area (Å²) in [6, 6.07) is 8.17. The largest absolute Gasteiger partial charge is 0.486 e. The van der Waals surface area contributed by atoms with E-state index >= 15 is 0 Å². The molecule has 0 saturated carbocycles. The molecule has 2 aliphatic heterocycles. The van der Waals surface area contributed by atoms with Gasteiger partial charge in [-0.1, -0.05) is 0 Å². The molecule has 0 amide bonds. The number of nitrogens with one attached hydrogen (secondary N) is 1. The fourth-order valence-electron chi connectivity index (χ4n) is 3.20. The van der Waals surface area contributed by atoms with Crippen molar-refractivity contribution in [2.24, 2.45) is 0 Å². The van der Waals surface area contributed by atoms with Gasteiger partial charge in [0.2, 0.25) is 0 Å². The number of hydrogen-bond acceptors (Lipinski definition) is 4. The van der Waals surface area contributed by atoms with E-state index in [4.69, 9.17) is 9.47 Å². The van der Waals surface area contributed by atoms with Crippen molar-refractivity contribution in [1.82, 2.24) is 0 Å². The van der Waals surface area contributed by atoms with E-state index in [0.29, 0.717) is 18.8 Å². The molecule has 3 heterocycles. The van der Waals surface area contributed by atoms with Crippen molar-refractivity contribution < 1.29 is 14.5 Å². The Labute approximate surface area is 129 Å². The van der Waals surface area contributed by atoms with Crippen molar-refractivity contribution in [3.8, 4) is 17.6 Å². The molecule has 0 aliphatic carbocycles. The van der Waals surface area contributed by atoms with Crippen molar-refractivity contribution in [1.29, 1.82) is 5.26 Å². The molecule has 1 fully saturated rings. The van der Waals surface area contributed by atoms with Crippen LogP contribution in [0.15, 0.2) is 18.2 Å². The van der Waals surface area contributed by atoms with Gasteiger partial charge in [0.15, 0.2) is 11.5 Å². The Morgan fingerprint density at radius 1 is 1.00 bits per heavy atom. The summed E-state index contributed by atoms with van der Waals surface area (Å²) in [7, 11) is 0. The summed E-state index contributed by atoms with van der Waals surface area (Å²) in [6.07, 6.45) is 3.63. The van der Waals surface area contributed by atoms with Crippen LogP contribution in [0, 0.1) is 11.3 Å². The number of aromatic amines is 1. The van der Waals surface area contributed by atoms with E-state index in [1.165, 1.54) is 19.3 Å². The zero-order chi connectivity index (χ0) is 14.9. The zero-order valence-electron chi connectivity index (χ0n) is 12.4. The molecule has 1 saturated heterocycles. The number of benzene rings is 1. The van der Waals surface area contributed by atoms with Gasteiger partial charge in [-0.2, -0.15) is 5.26 Å². The monoisotopic (exact) mass is 296 g/mol. The normalized spacial score (nSPS) is 17.3. The first-order chi connectivity index (χ1) is 10.8. The van der Waals surface area contributed by atoms with Gasteiger partial charge in [-0.05, 0) is 31.4 Å². The molecule has 4 rings (SSSR count). The molecule has 0 atom stereocenters. The Morgan fingerprint density at radius 3 is 2.45 bits per heavy atom. The Morgan fingerprint density at radius 2 is 1.73 bits per heavy atom. The van der Waals surface area contributed by atoms with Gasteiger partial charge in [0.25, 0.3) is 5.82 Å². The average Bonchev–Trinajstić information content (AvgIpc) is 2.59. The third-order valence-electron chi connectivity index (χ3n) is 4.32. The van der Waals surface area contributed by atoms with Crippen molar-refractivity contribution in [3.63, 3.8) is 0 Å². The Bertz CT molecular complexity index is 761. The topological polar surface area (TPSA) is 59.6 Å². The quantitative estimate of drug-likeness (QED) is 0.810. The van der Waals surface area contributed by atoms with Gasteiger partial charge in [-0.25, -0.2) is 4.98 Å². The van der Waals surface area contributed by atoms with Crippen LogP contribution in [0.5, 0.6) is 11.5 Å². The lowest BCUT2D eigenvalue weighted by molar-refractivity contribution is -0.331. The first-order valence-electron chi connectivity index (χ1n) is 7.80. The fraction of sp³-hybridized carbons (Fsp3) is 0.412. The molecule has 0 radical (unpaired) electrons. The minimum Gasteiger partial charge on any atom is -0.486 e. The van der Waals surface area contributed by atoms with E-state index < -0.39 is 0 Å². The highest BCUT2D eigenvalue weighted by molar-refractivity contribution is 5.82. The first-order valence-corrected chi connectivity index (χ1v) is 7.80. The van der Waals surface area contributed by atoms with Crippen molar-refractivity contribution in [3.05, 3.63) is 23.8 Å². The van der Waals surface area contributed by atoms with Gasteiger partial charge in [0, 0.05) is 11.5 Å². The molecule has 2 aliphatic rings. The van der Waals surface area contributed by atoms with Gasteiger partial charge in [0.1, 0.15) is 30.4 Å². The van der Waals surface area contributed by atoms with Gasteiger partial charge < -0.3 is 9.47 Å². The number of fused-ring (bicyclic) bond motifs is 2. The lowest BCUT2D eigenvalue weighted by Crippen LogP contribution is -2.35. The lowest BCUT2D eigenvalue weighted by atomic mass is 10.1. The maximum atomic E-state index is 9.49. The van der Waals surface area contributed by atoms with E-state index in [2.05, 4.69) is 16.0 Å². The average molecular weight is 296 g/mol. The number of nitriles is 1. The van der Waals surface area contributed by atoms with Gasteiger partial charge in [-0.15, -0.1) is 0 Å². The van der Waals surface area contributed by atoms with Crippen LogP contribution >= 0.6 is 0 Å². The van der Waals surface area contributed by atoms with Crippen LogP contribution in [0.25, 0.3) is 10.9 Å². The Hall–Kier alpha value is -2.48. The molecule has 1 aromatic carbocycles. The summed E-state index contributed by atoms with van der Waals surface area (Å²) < 4.78 is 11.3. The van der Waals surface area contributed by atoms with Gasteiger partial charge >= 0.3 is 0 Å². The SMILES string of the molecule is N#Cc1cc2cc3c(cc2[nH+]c1N1CCCCC1)OCCO3. The molecule has 2 aromatic rings. The maximum Gasteiger partial charge on any atom is 0.293 e. The summed E-state index contributed by atoms with van der Waals surface area (Å²) in [6.45, 7) is 3.15. The number of anilines is 1. The number of ether oxygens (including phenoxy) is 2. The lowest BCUT2D eigenvalue weighted by Gasteiger charge is -2.22. The predicted octanol–water partition coefficient (Wildman–Crippen LogP) is 2.29. The number of hydrogen-bond donors (Lipinski definition) is 0. The third kappa shape index (κ3) is 2.21. The molecule has 1 N–H and O–H groups in total. The zero-order valence-corrected chi connectivity index (χ0v) is 12.4. The highest BCUT2D eigenvalue weighted by Gasteiger charge is 2.24. The summed E-state index contributed by atoms with van der Waals surface area (Å²) in [5, 5.41) is 10.5. The number of piperidine rings is 1. The highest BCUT2D eigenvalue weighted by Crippen LogP contribution is 2.34. The minimum absolute atomic E-state index is 0.569. The van der Waals surface area contributed by atoms with Crippen molar-refractivity contribution in [2.45, 2.75) is 19.3 Å². The second-order valence-corrected chi connectivity index (χ2v) is 5.77. The van der Waals surface area contributed by atoms with Crippen LogP contribution in [-0.2, 0) is 0 Å². The Kier molecular flexibility index (Phi) is 3.23. The number of pyridine rings is 1. The van der Waals surface area contributed by atoms with Crippen LogP contribution in [0.3, 0.4) is 0 Å². The van der Waals surface area contributed by atoms with E-state index in [1.54, 1.807) is 0 Å². The van der Waals surface area contributed by atoms with E-state index in [1.807, 2.05) is 18.2 Å². The van der Waals surface area contributed by atoms with Gasteiger partial charge in [-0.3, -0.25) is 4.90 Å². The van der Waals surface area contributed by atoms with Crippen LogP contribution in [0.1, 0.15) is 24.8 Å². The smallest absolute Gasteiger partial charge is 0.293 e. The minimum atomic E-state index is 0.569. The van der Waals surface area contributed by atoms with Crippen molar-refractivity contribution in [2.75, 3.05) is 31.2 Å². The molecule has 5 heteroatoms. The van der Waals surface area contributed by atoms with E-state index in [9.17, 15) is 5.26 Å². The Balaban J connectivity index is 1.84. The number of H-pyrrole nitrogens is 1. The number of aromatic nitrogens is 1. The van der Waals surface area contributed by atoms with Crippen molar-refractivity contribution >= 4 is 16.7 Å². The summed E-state index contributed by atoms with van der Waals surface area (Å²) >= 11 is 0. The van der Waals surface area contributed by atoms with E-state index in [-0.39, 0.29) is 0 Å². The summed E-state index contributed by atoms with van der Waals surface area (Å²) in [4.78, 5) is 5.71. The second kappa shape index (κ2) is 5.38. The van der Waals surface area contributed by atoms with Crippen LogP contribution in [-0.4, -0.2) is 26.3 Å².